The van der Waals surface area contributed by atoms with E-state index < -0.39 is 12.0 Å². The van der Waals surface area contributed by atoms with Crippen molar-refractivity contribution < 1.29 is 14.3 Å². The third-order valence-electron chi connectivity index (χ3n) is 4.29. The van der Waals surface area contributed by atoms with Crippen LogP contribution in [0.4, 0.5) is 4.39 Å². The van der Waals surface area contributed by atoms with E-state index in [0.717, 1.165) is 5.56 Å². The maximum absolute atomic E-state index is 13.2. The molecule has 0 spiro atoms. The topological polar surface area (TPSA) is 37.3 Å². The number of hydrogen-bond acceptors (Lipinski definition) is 2. The summed E-state index contributed by atoms with van der Waals surface area (Å²) >= 11 is 0. The normalized spacial score (nSPS) is 13.2. The minimum Gasteiger partial charge on any atom is -0.388 e. The third-order valence-corrected chi connectivity index (χ3v) is 4.29. The number of carbonyl (C=O) groups excluding carboxylic acids is 1. The van der Waals surface area contributed by atoms with Crippen LogP contribution < -0.4 is 0 Å². The highest BCUT2D eigenvalue weighted by atomic mass is 19.1. The lowest BCUT2D eigenvalue weighted by Gasteiger charge is -2.22. The van der Waals surface area contributed by atoms with Gasteiger partial charge < -0.3 is 5.11 Å². The Hall–Kier alpha value is -2.78. The Morgan fingerprint density at radius 1 is 0.840 bits per heavy atom. The van der Waals surface area contributed by atoms with Gasteiger partial charge in [-0.25, -0.2) is 4.39 Å². The van der Waals surface area contributed by atoms with Gasteiger partial charge in [0, 0.05) is 5.56 Å². The molecule has 0 saturated heterocycles. The fourth-order valence-corrected chi connectivity index (χ4v) is 2.92. The average Bonchev–Trinajstić information content (AvgIpc) is 2.67. The first-order valence-corrected chi connectivity index (χ1v) is 8.22. The number of benzene rings is 3. The van der Waals surface area contributed by atoms with Crippen LogP contribution in [0, 0.1) is 11.7 Å². The average molecular weight is 334 g/mol. The van der Waals surface area contributed by atoms with Crippen molar-refractivity contribution >= 4 is 5.78 Å². The first kappa shape index (κ1) is 17.1. The van der Waals surface area contributed by atoms with Crippen LogP contribution in [0.5, 0.6) is 0 Å². The summed E-state index contributed by atoms with van der Waals surface area (Å²) in [4.78, 5) is 13.0. The van der Waals surface area contributed by atoms with Gasteiger partial charge in [-0.1, -0.05) is 72.8 Å². The minimum atomic E-state index is -1.01. The fraction of sp³-hybridized carbons (Fsp3) is 0.136. The Kier molecular flexibility index (Phi) is 5.36. The SMILES string of the molecule is O=C(c1ccccc1)C(Cc1ccccc1)C(O)c1ccc(F)cc1. The molecule has 3 rings (SSSR count). The molecule has 126 valence electrons. The zero-order chi connectivity index (χ0) is 17.6. The van der Waals surface area contributed by atoms with Gasteiger partial charge in [-0.05, 0) is 29.7 Å². The quantitative estimate of drug-likeness (QED) is 0.669. The van der Waals surface area contributed by atoms with Gasteiger partial charge in [0.2, 0.25) is 0 Å². The highest BCUT2D eigenvalue weighted by molar-refractivity contribution is 5.98. The molecule has 0 aliphatic carbocycles. The van der Waals surface area contributed by atoms with Gasteiger partial charge in [0.25, 0.3) is 0 Å². The molecule has 0 radical (unpaired) electrons. The number of aliphatic hydroxyl groups is 1. The zero-order valence-electron chi connectivity index (χ0n) is 13.7. The lowest BCUT2D eigenvalue weighted by Crippen LogP contribution is -2.25. The van der Waals surface area contributed by atoms with Crippen LogP contribution in [-0.4, -0.2) is 10.9 Å². The smallest absolute Gasteiger partial charge is 0.169 e. The number of halogens is 1. The van der Waals surface area contributed by atoms with Crippen molar-refractivity contribution in [3.63, 3.8) is 0 Å². The molecule has 2 unspecified atom stereocenters. The second-order valence-electron chi connectivity index (χ2n) is 6.02. The van der Waals surface area contributed by atoms with Crippen molar-refractivity contribution in [2.75, 3.05) is 0 Å². The van der Waals surface area contributed by atoms with E-state index in [1.807, 2.05) is 36.4 Å². The third kappa shape index (κ3) is 4.20. The van der Waals surface area contributed by atoms with Crippen LogP contribution in [0.15, 0.2) is 84.9 Å². The maximum Gasteiger partial charge on any atom is 0.169 e. The molecular formula is C22H19FO2. The predicted molar refractivity (Wildman–Crippen MR) is 95.8 cm³/mol. The lowest BCUT2D eigenvalue weighted by molar-refractivity contribution is 0.0676. The molecule has 2 atom stereocenters. The van der Waals surface area contributed by atoms with E-state index in [4.69, 9.17) is 0 Å². The second-order valence-corrected chi connectivity index (χ2v) is 6.02. The Balaban J connectivity index is 1.93. The summed E-state index contributed by atoms with van der Waals surface area (Å²) in [6.07, 6.45) is -0.596. The summed E-state index contributed by atoms with van der Waals surface area (Å²) in [6, 6.07) is 24.2. The van der Waals surface area contributed by atoms with Gasteiger partial charge in [0.1, 0.15) is 5.82 Å². The van der Waals surface area contributed by atoms with Crippen molar-refractivity contribution in [3.8, 4) is 0 Å². The Bertz CT molecular complexity index is 814. The van der Waals surface area contributed by atoms with E-state index in [1.165, 1.54) is 24.3 Å². The van der Waals surface area contributed by atoms with Crippen molar-refractivity contribution in [1.82, 2.24) is 0 Å². The van der Waals surface area contributed by atoms with Gasteiger partial charge in [0.05, 0.1) is 12.0 Å². The zero-order valence-corrected chi connectivity index (χ0v) is 13.7. The summed E-state index contributed by atoms with van der Waals surface area (Å²) in [5, 5.41) is 10.8. The van der Waals surface area contributed by atoms with Crippen LogP contribution in [0.25, 0.3) is 0 Å². The van der Waals surface area contributed by atoms with Crippen LogP contribution in [0.1, 0.15) is 27.6 Å². The maximum atomic E-state index is 13.2. The number of ketones is 1. The van der Waals surface area contributed by atoms with E-state index in [-0.39, 0.29) is 11.6 Å². The minimum absolute atomic E-state index is 0.124. The van der Waals surface area contributed by atoms with Gasteiger partial charge in [-0.3, -0.25) is 4.79 Å². The Morgan fingerprint density at radius 3 is 2.00 bits per heavy atom. The van der Waals surface area contributed by atoms with Crippen molar-refractivity contribution in [3.05, 3.63) is 107 Å². The molecule has 3 heteroatoms. The molecule has 0 fully saturated rings. The summed E-state index contributed by atoms with van der Waals surface area (Å²) in [5.74, 6) is -1.14. The van der Waals surface area contributed by atoms with E-state index >= 15 is 0 Å². The molecule has 0 heterocycles. The number of hydrogen-bond donors (Lipinski definition) is 1. The van der Waals surface area contributed by atoms with Crippen LogP contribution >= 0.6 is 0 Å². The molecule has 0 amide bonds. The molecule has 0 aliphatic heterocycles. The fourth-order valence-electron chi connectivity index (χ4n) is 2.92. The molecule has 3 aromatic rings. The Morgan fingerprint density at radius 2 is 1.40 bits per heavy atom. The second kappa shape index (κ2) is 7.86. The number of rotatable bonds is 6. The standard InChI is InChI=1S/C22H19FO2/c23-19-13-11-18(12-14-19)22(25)20(15-16-7-3-1-4-8-16)21(24)17-9-5-2-6-10-17/h1-14,20,22,25H,15H2. The molecule has 0 aromatic heterocycles. The lowest BCUT2D eigenvalue weighted by atomic mass is 9.84. The molecule has 2 nitrogen and oxygen atoms in total. The van der Waals surface area contributed by atoms with Crippen LogP contribution in [0.3, 0.4) is 0 Å². The molecule has 0 bridgehead atoms. The van der Waals surface area contributed by atoms with Gasteiger partial charge >= 0.3 is 0 Å². The van der Waals surface area contributed by atoms with Crippen LogP contribution in [0.2, 0.25) is 0 Å². The molecule has 0 saturated carbocycles. The monoisotopic (exact) mass is 334 g/mol. The van der Waals surface area contributed by atoms with Crippen molar-refractivity contribution in [1.29, 1.82) is 0 Å². The van der Waals surface area contributed by atoms with Crippen molar-refractivity contribution in [2.24, 2.45) is 5.92 Å². The largest absolute Gasteiger partial charge is 0.388 e. The first-order valence-electron chi connectivity index (χ1n) is 8.22. The molecular weight excluding hydrogens is 315 g/mol. The van der Waals surface area contributed by atoms with Gasteiger partial charge in [-0.15, -0.1) is 0 Å². The van der Waals surface area contributed by atoms with E-state index in [0.29, 0.717) is 17.5 Å². The number of aliphatic hydroxyl groups excluding tert-OH is 1. The van der Waals surface area contributed by atoms with Gasteiger partial charge in [0.15, 0.2) is 5.78 Å². The Labute approximate surface area is 146 Å². The molecule has 0 aliphatic rings. The van der Waals surface area contributed by atoms with E-state index in [2.05, 4.69) is 0 Å². The predicted octanol–water partition coefficient (Wildman–Crippen LogP) is 4.60. The highest BCUT2D eigenvalue weighted by Gasteiger charge is 2.29. The van der Waals surface area contributed by atoms with E-state index in [1.54, 1.807) is 24.3 Å². The van der Waals surface area contributed by atoms with Crippen LogP contribution in [-0.2, 0) is 6.42 Å². The summed E-state index contributed by atoms with van der Waals surface area (Å²) in [7, 11) is 0. The number of Topliss-reactive ketones (excluding diaryl/α,β-unsaturated/α-hetero) is 1. The first-order chi connectivity index (χ1) is 12.1. The summed E-state index contributed by atoms with van der Waals surface area (Å²) < 4.78 is 13.2. The summed E-state index contributed by atoms with van der Waals surface area (Å²) in [6.45, 7) is 0. The molecule has 1 N–H and O–H groups in total. The summed E-state index contributed by atoms with van der Waals surface area (Å²) in [5.41, 5.74) is 2.06. The molecule has 3 aromatic carbocycles. The molecule has 25 heavy (non-hydrogen) atoms. The van der Waals surface area contributed by atoms with E-state index in [9.17, 15) is 14.3 Å². The van der Waals surface area contributed by atoms with Gasteiger partial charge in [-0.2, -0.15) is 0 Å². The highest BCUT2D eigenvalue weighted by Crippen LogP contribution is 2.29. The van der Waals surface area contributed by atoms with Crippen molar-refractivity contribution in [2.45, 2.75) is 12.5 Å². The number of carbonyl (C=O) groups is 1.